The van der Waals surface area contributed by atoms with Crippen LogP contribution in [0.5, 0.6) is 0 Å². The third-order valence-electron chi connectivity index (χ3n) is 10.3. The van der Waals surface area contributed by atoms with E-state index in [-0.39, 0.29) is 27.1 Å². The maximum atomic E-state index is 2.43. The lowest BCUT2D eigenvalue weighted by atomic mass is 9.85. The van der Waals surface area contributed by atoms with E-state index >= 15 is 0 Å². The van der Waals surface area contributed by atoms with Crippen molar-refractivity contribution in [1.29, 1.82) is 0 Å². The zero-order chi connectivity index (χ0) is 38.4. The molecule has 0 fully saturated rings. The molecule has 5 aromatic rings. The molecule has 0 saturated heterocycles. The largest absolute Gasteiger partial charge is 0.310 e. The van der Waals surface area contributed by atoms with E-state index in [1.165, 1.54) is 27.8 Å². The van der Waals surface area contributed by atoms with Crippen LogP contribution in [0.3, 0.4) is 0 Å². The van der Waals surface area contributed by atoms with Gasteiger partial charge in [-0.15, -0.1) is 0 Å². The predicted octanol–water partition coefficient (Wildman–Crippen LogP) is 15.1. The van der Waals surface area contributed by atoms with Gasteiger partial charge in [-0.2, -0.15) is 0 Å². The van der Waals surface area contributed by atoms with Crippen molar-refractivity contribution >= 4 is 34.1 Å². The summed E-state index contributed by atoms with van der Waals surface area (Å²) in [6.07, 6.45) is 0. The highest BCUT2D eigenvalue weighted by Crippen LogP contribution is 2.44. The van der Waals surface area contributed by atoms with Crippen molar-refractivity contribution in [3.8, 4) is 0 Å². The standard InChI is InChI=1S/C50H64N2/c1-46(2,3)35-16-24-40(25-17-35)51(41-26-18-36(19-27-41)47(4,5)6)44-32-39(50(13,14)15)33-45(34-44)52(42-28-20-37(21-29-42)48(7,8)9)43-30-22-38(23-31-43)49(10,11)12/h16-34H,1-15H3. The van der Waals surface area contributed by atoms with Gasteiger partial charge in [0.1, 0.15) is 0 Å². The van der Waals surface area contributed by atoms with Crippen LogP contribution in [0.15, 0.2) is 115 Å². The van der Waals surface area contributed by atoms with Gasteiger partial charge in [-0.25, -0.2) is 0 Å². The molecule has 0 spiro atoms. The van der Waals surface area contributed by atoms with Crippen molar-refractivity contribution in [2.45, 2.75) is 131 Å². The average molecular weight is 693 g/mol. The zero-order valence-corrected chi connectivity index (χ0v) is 34.9. The van der Waals surface area contributed by atoms with Crippen LogP contribution in [0.1, 0.15) is 132 Å². The molecule has 0 atom stereocenters. The Bertz CT molecular complexity index is 1690. The zero-order valence-electron chi connectivity index (χ0n) is 34.9. The van der Waals surface area contributed by atoms with Gasteiger partial charge in [0.15, 0.2) is 0 Å². The van der Waals surface area contributed by atoms with Crippen LogP contribution in [0.25, 0.3) is 0 Å². The van der Waals surface area contributed by atoms with Crippen molar-refractivity contribution in [1.82, 2.24) is 0 Å². The van der Waals surface area contributed by atoms with Crippen LogP contribution >= 0.6 is 0 Å². The van der Waals surface area contributed by atoms with Crippen LogP contribution < -0.4 is 9.80 Å². The molecule has 0 aliphatic heterocycles. The molecular weight excluding hydrogens is 629 g/mol. The maximum Gasteiger partial charge on any atom is 0.0485 e. The fourth-order valence-electron chi connectivity index (χ4n) is 6.62. The van der Waals surface area contributed by atoms with Crippen LogP contribution in [0.2, 0.25) is 0 Å². The Kier molecular flexibility index (Phi) is 10.4. The van der Waals surface area contributed by atoms with Gasteiger partial charge in [0, 0.05) is 34.1 Å². The Balaban J connectivity index is 1.78. The highest BCUT2D eigenvalue weighted by atomic mass is 15.2. The van der Waals surface area contributed by atoms with E-state index < -0.39 is 0 Å². The highest BCUT2D eigenvalue weighted by molar-refractivity contribution is 5.84. The number of anilines is 6. The first-order valence-corrected chi connectivity index (χ1v) is 19.1. The molecule has 5 rings (SSSR count). The number of benzene rings is 5. The van der Waals surface area contributed by atoms with E-state index in [0.717, 1.165) is 34.1 Å². The van der Waals surface area contributed by atoms with Crippen molar-refractivity contribution in [3.05, 3.63) is 143 Å². The minimum atomic E-state index is -0.0829. The second-order valence-electron chi connectivity index (χ2n) is 19.8. The summed E-state index contributed by atoms with van der Waals surface area (Å²) in [5.74, 6) is 0. The third-order valence-corrected chi connectivity index (χ3v) is 10.3. The summed E-state index contributed by atoms with van der Waals surface area (Å²) < 4.78 is 0. The van der Waals surface area contributed by atoms with Gasteiger partial charge < -0.3 is 9.80 Å². The fraction of sp³-hybridized carbons (Fsp3) is 0.400. The average Bonchev–Trinajstić information content (AvgIpc) is 3.04. The molecule has 0 amide bonds. The van der Waals surface area contributed by atoms with E-state index in [1.54, 1.807) is 0 Å². The molecule has 2 heteroatoms. The minimum Gasteiger partial charge on any atom is -0.310 e. The van der Waals surface area contributed by atoms with Gasteiger partial charge in [0.25, 0.3) is 0 Å². The smallest absolute Gasteiger partial charge is 0.0485 e. The first-order valence-electron chi connectivity index (χ1n) is 19.1. The van der Waals surface area contributed by atoms with Gasteiger partial charge in [-0.3, -0.25) is 0 Å². The first kappa shape index (κ1) is 38.9. The van der Waals surface area contributed by atoms with Gasteiger partial charge in [-0.1, -0.05) is 152 Å². The Morgan fingerprint density at radius 3 is 0.596 bits per heavy atom. The van der Waals surface area contributed by atoms with Crippen molar-refractivity contribution in [2.24, 2.45) is 0 Å². The van der Waals surface area contributed by atoms with Crippen molar-refractivity contribution in [3.63, 3.8) is 0 Å². The fourth-order valence-corrected chi connectivity index (χ4v) is 6.62. The molecule has 0 unspecified atom stereocenters. The van der Waals surface area contributed by atoms with E-state index in [4.69, 9.17) is 0 Å². The lowest BCUT2D eigenvalue weighted by molar-refractivity contribution is 0.589. The predicted molar refractivity (Wildman–Crippen MR) is 229 cm³/mol. The summed E-state index contributed by atoms with van der Waals surface area (Å²) in [5.41, 5.74) is 13.6. The Hall–Kier alpha value is -4.30. The van der Waals surface area contributed by atoms with Crippen molar-refractivity contribution < 1.29 is 0 Å². The van der Waals surface area contributed by atoms with E-state index in [1.807, 2.05) is 0 Å². The molecule has 5 aromatic carbocycles. The number of rotatable bonds is 6. The summed E-state index contributed by atoms with van der Waals surface area (Å²) in [4.78, 5) is 4.86. The summed E-state index contributed by atoms with van der Waals surface area (Å²) >= 11 is 0. The molecule has 0 aromatic heterocycles. The highest BCUT2D eigenvalue weighted by Gasteiger charge is 2.25. The summed E-state index contributed by atoms with van der Waals surface area (Å²) in [5, 5.41) is 0. The minimum absolute atomic E-state index is 0.0720. The van der Waals surface area contributed by atoms with Crippen LogP contribution in [0, 0.1) is 0 Å². The lowest BCUT2D eigenvalue weighted by Gasteiger charge is -2.33. The molecule has 0 bridgehead atoms. The number of hydrogen-bond donors (Lipinski definition) is 0. The van der Waals surface area contributed by atoms with Crippen LogP contribution in [0.4, 0.5) is 34.1 Å². The van der Waals surface area contributed by atoms with Crippen molar-refractivity contribution in [2.75, 3.05) is 9.80 Å². The summed E-state index contributed by atoms with van der Waals surface area (Å²) in [6, 6.07) is 43.8. The SMILES string of the molecule is CC(C)(C)c1ccc(N(c2ccc(C(C)(C)C)cc2)c2cc(N(c3ccc(C(C)(C)C)cc3)c3ccc(C(C)(C)C)cc3)cc(C(C)(C)C)c2)cc1. The normalized spacial score (nSPS) is 12.9. The van der Waals surface area contributed by atoms with E-state index in [2.05, 4.69) is 229 Å². The quantitative estimate of drug-likeness (QED) is 0.175. The van der Waals surface area contributed by atoms with E-state index in [0.29, 0.717) is 0 Å². The first-order chi connectivity index (χ1) is 23.9. The molecule has 0 aliphatic carbocycles. The summed E-state index contributed by atoms with van der Waals surface area (Å²) in [6.45, 7) is 34.3. The molecule has 2 nitrogen and oxygen atoms in total. The van der Waals surface area contributed by atoms with Gasteiger partial charge in [0.2, 0.25) is 0 Å². The maximum absolute atomic E-state index is 2.43. The van der Waals surface area contributed by atoms with Crippen LogP contribution in [-0.4, -0.2) is 0 Å². The third kappa shape index (κ3) is 8.83. The lowest BCUT2D eigenvalue weighted by Crippen LogP contribution is -2.18. The molecule has 0 saturated carbocycles. The molecule has 0 aliphatic rings. The summed E-state index contributed by atoms with van der Waals surface area (Å²) in [7, 11) is 0. The Morgan fingerprint density at radius 2 is 0.423 bits per heavy atom. The van der Waals surface area contributed by atoms with E-state index in [9.17, 15) is 0 Å². The molecule has 0 heterocycles. The topological polar surface area (TPSA) is 6.48 Å². The van der Waals surface area contributed by atoms with Gasteiger partial charge >= 0.3 is 0 Å². The Labute approximate surface area is 316 Å². The molecular formula is C50H64N2. The number of nitrogens with zero attached hydrogens (tertiary/aromatic N) is 2. The van der Waals surface area contributed by atoms with Gasteiger partial charge in [-0.05, 0) is 122 Å². The van der Waals surface area contributed by atoms with Gasteiger partial charge in [0.05, 0.1) is 0 Å². The Morgan fingerprint density at radius 1 is 0.231 bits per heavy atom. The molecule has 0 N–H and O–H groups in total. The van der Waals surface area contributed by atoms with Crippen LogP contribution in [-0.2, 0) is 27.1 Å². The molecule has 274 valence electrons. The monoisotopic (exact) mass is 693 g/mol. The molecule has 52 heavy (non-hydrogen) atoms. The second-order valence-corrected chi connectivity index (χ2v) is 19.8. The second kappa shape index (κ2) is 13.9. The number of hydrogen-bond acceptors (Lipinski definition) is 2. The molecule has 0 radical (unpaired) electrons.